The number of nitrogens with zero attached hydrogens (tertiary/aromatic N) is 3. The Hall–Kier alpha value is -2.97. The molecule has 0 spiro atoms. The number of aryl methyl sites for hydroxylation is 2. The number of benzene rings is 1. The molecule has 1 fully saturated rings. The molecule has 1 aliphatic heterocycles. The van der Waals surface area contributed by atoms with Crippen LogP contribution in [0.4, 0.5) is 0 Å². The number of piperidine rings is 1. The third-order valence-electron chi connectivity index (χ3n) is 7.07. The van der Waals surface area contributed by atoms with Crippen LogP contribution in [0.25, 0.3) is 22.4 Å². The molecule has 0 aliphatic carbocycles. The van der Waals surface area contributed by atoms with Gasteiger partial charge in [0, 0.05) is 37.5 Å². The molecule has 8 nitrogen and oxygen atoms in total. The SMILES string of the molecule is Cc1cc(-c2nc3ccc(CNC(C(=O)OC(C)C)C(C)C)cc3n2C[C@@H]2CCCNC2)cn(C)c1=O. The molecule has 200 valence electrons. The number of hydrogen-bond acceptors (Lipinski definition) is 6. The van der Waals surface area contributed by atoms with Crippen molar-refractivity contribution in [3.8, 4) is 11.4 Å². The van der Waals surface area contributed by atoms with Crippen LogP contribution in [-0.2, 0) is 29.7 Å². The number of hydrogen-bond donors (Lipinski definition) is 2. The number of carbonyl (C=O) groups excluding carboxylic acids is 1. The smallest absolute Gasteiger partial charge is 0.323 e. The summed E-state index contributed by atoms with van der Waals surface area (Å²) in [6.45, 7) is 13.1. The Labute approximate surface area is 219 Å². The zero-order valence-electron chi connectivity index (χ0n) is 23.0. The number of ether oxygens (including phenoxy) is 1. The van der Waals surface area contributed by atoms with E-state index >= 15 is 0 Å². The van der Waals surface area contributed by atoms with E-state index in [2.05, 4.69) is 33.4 Å². The van der Waals surface area contributed by atoms with E-state index in [0.717, 1.165) is 47.6 Å². The van der Waals surface area contributed by atoms with E-state index in [0.29, 0.717) is 18.0 Å². The van der Waals surface area contributed by atoms with E-state index in [1.807, 2.05) is 46.9 Å². The highest BCUT2D eigenvalue weighted by Crippen LogP contribution is 2.28. The number of fused-ring (bicyclic) bond motifs is 1. The van der Waals surface area contributed by atoms with E-state index in [1.165, 1.54) is 12.8 Å². The molecule has 3 aromatic rings. The number of esters is 1. The van der Waals surface area contributed by atoms with Gasteiger partial charge in [0.25, 0.3) is 5.56 Å². The second-order valence-electron chi connectivity index (χ2n) is 11.0. The van der Waals surface area contributed by atoms with Gasteiger partial charge in [-0.2, -0.15) is 0 Å². The number of aromatic nitrogens is 3. The van der Waals surface area contributed by atoms with Crippen LogP contribution < -0.4 is 16.2 Å². The van der Waals surface area contributed by atoms with Gasteiger partial charge in [-0.3, -0.25) is 9.59 Å². The molecule has 4 rings (SSSR count). The maximum Gasteiger partial charge on any atom is 0.323 e. The number of imidazole rings is 1. The standard InChI is InChI=1S/C29H41N5O3/c1-18(2)26(29(36)37-19(3)4)31-15-21-9-10-24-25(13-21)34(16-22-8-7-11-30-14-22)27(32-24)23-12-20(5)28(35)33(6)17-23/h9-10,12-13,17-19,22,26,30-31H,7-8,11,14-16H2,1-6H3/t22-,26?/m1/s1. The van der Waals surface area contributed by atoms with Crippen LogP contribution in [-0.4, -0.2) is 45.3 Å². The zero-order chi connectivity index (χ0) is 26.7. The lowest BCUT2D eigenvalue weighted by Gasteiger charge is -2.24. The van der Waals surface area contributed by atoms with E-state index in [-0.39, 0.29) is 29.6 Å². The highest BCUT2D eigenvalue weighted by molar-refractivity contribution is 5.81. The molecule has 0 radical (unpaired) electrons. The lowest BCUT2D eigenvalue weighted by atomic mass is 9.99. The van der Waals surface area contributed by atoms with Crippen LogP contribution in [0, 0.1) is 18.8 Å². The highest BCUT2D eigenvalue weighted by atomic mass is 16.5. The fourth-order valence-electron chi connectivity index (χ4n) is 5.15. The van der Waals surface area contributed by atoms with Crippen LogP contribution in [0.15, 0.2) is 35.3 Å². The normalized spacial score (nSPS) is 17.0. The molecule has 1 aliphatic rings. The van der Waals surface area contributed by atoms with E-state index < -0.39 is 0 Å². The molecule has 1 unspecified atom stereocenters. The van der Waals surface area contributed by atoms with E-state index in [9.17, 15) is 9.59 Å². The van der Waals surface area contributed by atoms with Crippen molar-refractivity contribution in [2.24, 2.45) is 18.9 Å². The Morgan fingerprint density at radius 3 is 2.68 bits per heavy atom. The number of nitrogens with one attached hydrogen (secondary N) is 2. The van der Waals surface area contributed by atoms with Gasteiger partial charge in [0.05, 0.1) is 17.1 Å². The summed E-state index contributed by atoms with van der Waals surface area (Å²) in [6.07, 6.45) is 4.08. The van der Waals surface area contributed by atoms with Gasteiger partial charge in [0.15, 0.2) is 0 Å². The molecule has 2 N–H and O–H groups in total. The predicted molar refractivity (Wildman–Crippen MR) is 147 cm³/mol. The van der Waals surface area contributed by atoms with Crippen molar-refractivity contribution >= 4 is 17.0 Å². The van der Waals surface area contributed by atoms with Gasteiger partial charge in [-0.25, -0.2) is 4.98 Å². The molecule has 37 heavy (non-hydrogen) atoms. The summed E-state index contributed by atoms with van der Waals surface area (Å²) in [5.41, 5.74) is 4.73. The number of rotatable bonds is 9. The minimum absolute atomic E-state index is 0.00644. The van der Waals surface area contributed by atoms with Crippen molar-refractivity contribution in [3.05, 3.63) is 51.9 Å². The first-order valence-corrected chi connectivity index (χ1v) is 13.5. The summed E-state index contributed by atoms with van der Waals surface area (Å²) >= 11 is 0. The summed E-state index contributed by atoms with van der Waals surface area (Å²) in [5.74, 6) is 1.29. The predicted octanol–water partition coefficient (Wildman–Crippen LogP) is 3.78. The minimum atomic E-state index is -0.375. The van der Waals surface area contributed by atoms with Crippen molar-refractivity contribution < 1.29 is 9.53 Å². The first-order valence-electron chi connectivity index (χ1n) is 13.5. The first-order chi connectivity index (χ1) is 17.6. The molecule has 8 heteroatoms. The van der Waals surface area contributed by atoms with Gasteiger partial charge < -0.3 is 24.5 Å². The third-order valence-corrected chi connectivity index (χ3v) is 7.07. The second-order valence-corrected chi connectivity index (χ2v) is 11.0. The molecule has 1 saturated heterocycles. The first kappa shape index (κ1) is 27.1. The molecule has 0 saturated carbocycles. The molecule has 1 aromatic carbocycles. The molecular weight excluding hydrogens is 466 g/mol. The summed E-state index contributed by atoms with van der Waals surface area (Å²) in [4.78, 5) is 30.0. The van der Waals surface area contributed by atoms with Crippen LogP contribution in [0.5, 0.6) is 0 Å². The Balaban J connectivity index is 1.69. The Morgan fingerprint density at radius 2 is 2.03 bits per heavy atom. The largest absolute Gasteiger partial charge is 0.462 e. The fourth-order valence-corrected chi connectivity index (χ4v) is 5.15. The Morgan fingerprint density at radius 1 is 1.24 bits per heavy atom. The maximum absolute atomic E-state index is 12.6. The lowest BCUT2D eigenvalue weighted by Crippen LogP contribution is -2.42. The highest BCUT2D eigenvalue weighted by Gasteiger charge is 2.24. The van der Waals surface area contributed by atoms with Gasteiger partial charge >= 0.3 is 5.97 Å². The van der Waals surface area contributed by atoms with Crippen LogP contribution in [0.1, 0.15) is 51.7 Å². The van der Waals surface area contributed by atoms with Crippen molar-refractivity contribution in [2.75, 3.05) is 13.1 Å². The average Bonchev–Trinajstić information content (AvgIpc) is 3.20. The van der Waals surface area contributed by atoms with E-state index in [1.54, 1.807) is 11.6 Å². The molecule has 0 bridgehead atoms. The van der Waals surface area contributed by atoms with Gasteiger partial charge in [0.2, 0.25) is 0 Å². The van der Waals surface area contributed by atoms with Crippen LogP contribution >= 0.6 is 0 Å². The second kappa shape index (κ2) is 11.6. The van der Waals surface area contributed by atoms with Crippen molar-refractivity contribution in [1.29, 1.82) is 0 Å². The molecule has 0 amide bonds. The topological polar surface area (TPSA) is 90.2 Å². The molecule has 2 atom stereocenters. The molecule has 3 heterocycles. The Kier molecular flexibility index (Phi) is 8.49. The summed E-state index contributed by atoms with van der Waals surface area (Å²) in [7, 11) is 1.79. The molecule has 2 aromatic heterocycles. The van der Waals surface area contributed by atoms with Gasteiger partial charge in [-0.15, -0.1) is 0 Å². The summed E-state index contributed by atoms with van der Waals surface area (Å²) in [6, 6.07) is 7.86. The zero-order valence-corrected chi connectivity index (χ0v) is 23.0. The lowest BCUT2D eigenvalue weighted by molar-refractivity contribution is -0.151. The van der Waals surface area contributed by atoms with Crippen molar-refractivity contribution in [1.82, 2.24) is 24.8 Å². The maximum atomic E-state index is 12.6. The van der Waals surface area contributed by atoms with Crippen LogP contribution in [0.2, 0.25) is 0 Å². The Bertz CT molecular complexity index is 1270. The monoisotopic (exact) mass is 507 g/mol. The quantitative estimate of drug-likeness (QED) is 0.429. The van der Waals surface area contributed by atoms with Gasteiger partial charge in [0.1, 0.15) is 11.9 Å². The van der Waals surface area contributed by atoms with E-state index in [4.69, 9.17) is 9.72 Å². The fraction of sp³-hybridized carbons (Fsp3) is 0.552. The summed E-state index contributed by atoms with van der Waals surface area (Å²) in [5, 5.41) is 6.94. The van der Waals surface area contributed by atoms with Crippen molar-refractivity contribution in [3.63, 3.8) is 0 Å². The van der Waals surface area contributed by atoms with Gasteiger partial charge in [-0.05, 0) is 82.3 Å². The van der Waals surface area contributed by atoms with Gasteiger partial charge in [-0.1, -0.05) is 19.9 Å². The third kappa shape index (κ3) is 6.30. The minimum Gasteiger partial charge on any atom is -0.462 e. The van der Waals surface area contributed by atoms with Crippen LogP contribution in [0.3, 0.4) is 0 Å². The average molecular weight is 508 g/mol. The molecular formula is C29H41N5O3. The van der Waals surface area contributed by atoms with Crippen molar-refractivity contribution in [2.45, 2.75) is 72.7 Å². The number of pyridine rings is 1. The summed E-state index contributed by atoms with van der Waals surface area (Å²) < 4.78 is 9.41. The number of carbonyl (C=O) groups is 1.